The van der Waals surface area contributed by atoms with Crippen molar-refractivity contribution < 1.29 is 13.3 Å². The SMILES string of the molecule is CC(C)(C)Nc1ccc(S(C)(=O)=O)cc1[N+](=O)[O-]. The van der Waals surface area contributed by atoms with E-state index >= 15 is 0 Å². The van der Waals surface area contributed by atoms with Gasteiger partial charge in [-0.15, -0.1) is 0 Å². The number of sulfone groups is 1. The third-order valence-corrected chi connectivity index (χ3v) is 3.21. The van der Waals surface area contributed by atoms with Crippen LogP contribution in [-0.4, -0.2) is 25.1 Å². The van der Waals surface area contributed by atoms with Crippen LogP contribution >= 0.6 is 0 Å². The van der Waals surface area contributed by atoms with Crippen LogP contribution in [0, 0.1) is 10.1 Å². The molecule has 0 bridgehead atoms. The Morgan fingerprint density at radius 3 is 2.22 bits per heavy atom. The highest BCUT2D eigenvalue weighted by Crippen LogP contribution is 2.29. The molecule has 0 aromatic heterocycles. The summed E-state index contributed by atoms with van der Waals surface area (Å²) >= 11 is 0. The van der Waals surface area contributed by atoms with Gasteiger partial charge in [-0.1, -0.05) is 0 Å². The molecule has 0 spiro atoms. The summed E-state index contributed by atoms with van der Waals surface area (Å²) in [6.07, 6.45) is 1.02. The van der Waals surface area contributed by atoms with Crippen LogP contribution in [0.4, 0.5) is 11.4 Å². The van der Waals surface area contributed by atoms with Gasteiger partial charge in [0.25, 0.3) is 5.69 Å². The lowest BCUT2D eigenvalue weighted by molar-refractivity contribution is -0.384. The van der Waals surface area contributed by atoms with Crippen molar-refractivity contribution in [2.75, 3.05) is 11.6 Å². The number of nitro groups is 1. The number of nitrogens with one attached hydrogen (secondary N) is 1. The fourth-order valence-corrected chi connectivity index (χ4v) is 2.04. The lowest BCUT2D eigenvalue weighted by atomic mass is 10.1. The molecule has 0 aliphatic carbocycles. The maximum Gasteiger partial charge on any atom is 0.293 e. The molecule has 1 aromatic carbocycles. The molecule has 1 N–H and O–H groups in total. The summed E-state index contributed by atoms with van der Waals surface area (Å²) in [6.45, 7) is 5.59. The first-order chi connectivity index (χ1) is 8.00. The molecule has 0 amide bonds. The quantitative estimate of drug-likeness (QED) is 0.673. The second kappa shape index (κ2) is 4.56. The molecule has 0 aliphatic rings. The molecule has 100 valence electrons. The third kappa shape index (κ3) is 3.69. The number of anilines is 1. The maximum absolute atomic E-state index is 11.4. The summed E-state index contributed by atoms with van der Waals surface area (Å²) in [7, 11) is -3.45. The molecular formula is C11H16N2O4S. The molecule has 0 unspecified atom stereocenters. The van der Waals surface area contributed by atoms with Gasteiger partial charge >= 0.3 is 0 Å². The van der Waals surface area contributed by atoms with E-state index in [2.05, 4.69) is 5.32 Å². The number of hydrogen-bond donors (Lipinski definition) is 1. The van der Waals surface area contributed by atoms with E-state index in [1.165, 1.54) is 12.1 Å². The van der Waals surface area contributed by atoms with Crippen molar-refractivity contribution in [1.82, 2.24) is 0 Å². The van der Waals surface area contributed by atoms with Crippen LogP contribution < -0.4 is 5.32 Å². The summed E-state index contributed by atoms with van der Waals surface area (Å²) < 4.78 is 22.7. The van der Waals surface area contributed by atoms with E-state index in [1.807, 2.05) is 20.8 Å². The van der Waals surface area contributed by atoms with Gasteiger partial charge in [-0.05, 0) is 32.9 Å². The normalized spacial score (nSPS) is 12.2. The van der Waals surface area contributed by atoms with Crippen LogP contribution in [0.2, 0.25) is 0 Å². The van der Waals surface area contributed by atoms with Gasteiger partial charge < -0.3 is 5.32 Å². The summed E-state index contributed by atoms with van der Waals surface area (Å²) in [4.78, 5) is 10.3. The van der Waals surface area contributed by atoms with Crippen molar-refractivity contribution in [2.45, 2.75) is 31.2 Å². The highest BCUT2D eigenvalue weighted by molar-refractivity contribution is 7.90. The molecule has 0 heterocycles. The molecule has 18 heavy (non-hydrogen) atoms. The van der Waals surface area contributed by atoms with E-state index in [9.17, 15) is 18.5 Å². The Balaban J connectivity index is 3.35. The number of hydrogen-bond acceptors (Lipinski definition) is 5. The lowest BCUT2D eigenvalue weighted by Crippen LogP contribution is -2.26. The predicted octanol–water partition coefficient (Wildman–Crippen LogP) is 2.21. The van der Waals surface area contributed by atoms with Gasteiger partial charge in [0.05, 0.1) is 9.82 Å². The minimum absolute atomic E-state index is 0.0614. The van der Waals surface area contributed by atoms with Crippen molar-refractivity contribution in [3.63, 3.8) is 0 Å². The zero-order valence-electron chi connectivity index (χ0n) is 10.7. The summed E-state index contributed by atoms with van der Waals surface area (Å²) in [5.41, 5.74) is -0.287. The Kier molecular flexibility index (Phi) is 3.66. The van der Waals surface area contributed by atoms with Gasteiger partial charge in [0, 0.05) is 17.9 Å². The molecule has 0 atom stereocenters. The first kappa shape index (κ1) is 14.4. The third-order valence-electron chi connectivity index (χ3n) is 2.10. The van der Waals surface area contributed by atoms with Crippen molar-refractivity contribution >= 4 is 21.2 Å². The molecule has 7 heteroatoms. The molecule has 0 saturated heterocycles. The highest BCUT2D eigenvalue weighted by atomic mass is 32.2. The molecule has 1 aromatic rings. The number of nitrogens with zero attached hydrogens (tertiary/aromatic N) is 1. The molecule has 0 radical (unpaired) electrons. The van der Waals surface area contributed by atoms with Crippen LogP contribution in [0.5, 0.6) is 0 Å². The average molecular weight is 272 g/mol. The Bertz CT molecular complexity index is 573. The zero-order chi connectivity index (χ0) is 14.1. The van der Waals surface area contributed by atoms with Crippen molar-refractivity contribution in [1.29, 1.82) is 0 Å². The van der Waals surface area contributed by atoms with Gasteiger partial charge in [-0.25, -0.2) is 8.42 Å². The number of rotatable bonds is 3. The molecule has 0 saturated carbocycles. The second-order valence-electron chi connectivity index (χ2n) is 5.08. The van der Waals surface area contributed by atoms with Crippen LogP contribution in [0.1, 0.15) is 20.8 Å². The van der Waals surface area contributed by atoms with E-state index in [1.54, 1.807) is 0 Å². The van der Waals surface area contributed by atoms with Crippen molar-refractivity contribution in [3.05, 3.63) is 28.3 Å². The number of benzene rings is 1. The Hall–Kier alpha value is -1.63. The van der Waals surface area contributed by atoms with Gasteiger partial charge in [-0.2, -0.15) is 0 Å². The van der Waals surface area contributed by atoms with Gasteiger partial charge in [0.15, 0.2) is 9.84 Å². The smallest absolute Gasteiger partial charge is 0.293 e. The Morgan fingerprint density at radius 1 is 1.28 bits per heavy atom. The maximum atomic E-state index is 11.4. The predicted molar refractivity (Wildman–Crippen MR) is 69.6 cm³/mol. The van der Waals surface area contributed by atoms with Crippen LogP contribution in [0.25, 0.3) is 0 Å². The largest absolute Gasteiger partial charge is 0.375 e. The first-order valence-corrected chi connectivity index (χ1v) is 7.16. The monoisotopic (exact) mass is 272 g/mol. The molecule has 1 rings (SSSR count). The van der Waals surface area contributed by atoms with E-state index in [4.69, 9.17) is 0 Å². The first-order valence-electron chi connectivity index (χ1n) is 5.27. The Labute approximate surface area is 106 Å². The molecular weight excluding hydrogens is 256 g/mol. The van der Waals surface area contributed by atoms with Crippen LogP contribution in [0.3, 0.4) is 0 Å². The topological polar surface area (TPSA) is 89.3 Å². The van der Waals surface area contributed by atoms with Crippen molar-refractivity contribution in [3.8, 4) is 0 Å². The average Bonchev–Trinajstić information content (AvgIpc) is 2.13. The number of nitro benzene ring substituents is 1. The van der Waals surface area contributed by atoms with Gasteiger partial charge in [-0.3, -0.25) is 10.1 Å². The lowest BCUT2D eigenvalue weighted by Gasteiger charge is -2.22. The highest BCUT2D eigenvalue weighted by Gasteiger charge is 2.21. The van der Waals surface area contributed by atoms with Crippen LogP contribution in [0.15, 0.2) is 23.1 Å². The standard InChI is InChI=1S/C11H16N2O4S/c1-11(2,3)12-9-6-5-8(18(4,16)17)7-10(9)13(14)15/h5-7,12H,1-4H3. The van der Waals surface area contributed by atoms with Gasteiger partial charge in [0.2, 0.25) is 0 Å². The van der Waals surface area contributed by atoms with Crippen LogP contribution in [-0.2, 0) is 9.84 Å². The zero-order valence-corrected chi connectivity index (χ0v) is 11.5. The fraction of sp³-hybridized carbons (Fsp3) is 0.455. The van der Waals surface area contributed by atoms with E-state index in [-0.39, 0.29) is 16.1 Å². The minimum atomic E-state index is -3.45. The van der Waals surface area contributed by atoms with Gasteiger partial charge in [0.1, 0.15) is 5.69 Å². The van der Waals surface area contributed by atoms with E-state index in [0.717, 1.165) is 12.3 Å². The fourth-order valence-electron chi connectivity index (χ4n) is 1.40. The Morgan fingerprint density at radius 2 is 1.83 bits per heavy atom. The van der Waals surface area contributed by atoms with E-state index < -0.39 is 14.8 Å². The molecule has 0 aliphatic heterocycles. The van der Waals surface area contributed by atoms with E-state index in [0.29, 0.717) is 5.69 Å². The molecule has 0 fully saturated rings. The second-order valence-corrected chi connectivity index (χ2v) is 7.10. The summed E-state index contributed by atoms with van der Waals surface area (Å²) in [6, 6.07) is 3.85. The minimum Gasteiger partial charge on any atom is -0.375 e. The summed E-state index contributed by atoms with van der Waals surface area (Å²) in [5.74, 6) is 0. The van der Waals surface area contributed by atoms with Crippen molar-refractivity contribution in [2.24, 2.45) is 0 Å². The molecule has 6 nitrogen and oxygen atoms in total. The summed E-state index contributed by atoms with van der Waals surface area (Å²) in [5, 5.41) is 13.9.